The minimum Gasteiger partial charge on any atom is -0.461 e. The van der Waals surface area contributed by atoms with Crippen LogP contribution in [0.1, 0.15) is 57.4 Å². The van der Waals surface area contributed by atoms with E-state index >= 15 is 4.39 Å². The van der Waals surface area contributed by atoms with Gasteiger partial charge in [-0.25, -0.2) is 13.6 Å². The Hall–Kier alpha value is -4.12. The number of benzene rings is 2. The van der Waals surface area contributed by atoms with Gasteiger partial charge >= 0.3 is 12.1 Å². The maximum absolute atomic E-state index is 17.0. The highest BCUT2D eigenvalue weighted by Gasteiger charge is 2.49. The van der Waals surface area contributed by atoms with Crippen LogP contribution < -0.4 is 15.0 Å². The third-order valence-electron chi connectivity index (χ3n) is 10.6. The first-order valence-corrected chi connectivity index (χ1v) is 16.9. The summed E-state index contributed by atoms with van der Waals surface area (Å²) in [7, 11) is 0. The molecule has 2 aromatic heterocycles. The molecule has 0 spiro atoms. The van der Waals surface area contributed by atoms with Crippen LogP contribution in [0, 0.1) is 5.82 Å². The highest BCUT2D eigenvalue weighted by Crippen LogP contribution is 2.41. The van der Waals surface area contributed by atoms with Gasteiger partial charge < -0.3 is 19.7 Å². The number of alkyl halides is 1. The van der Waals surface area contributed by atoms with Gasteiger partial charge in [-0.15, -0.1) is 0 Å². The van der Waals surface area contributed by atoms with Crippen LogP contribution in [0.5, 0.6) is 6.01 Å². The number of alkyl carbamates (subject to hydrolysis) is 1. The summed E-state index contributed by atoms with van der Waals surface area (Å²) in [5.74, 6) is -0.0365. The molecule has 9 rings (SSSR count). The second kappa shape index (κ2) is 11.8. The fraction of sp³-hybridized carbons (Fsp3) is 0.500. The average Bonchev–Trinajstić information content (AvgIpc) is 3.58. The topological polar surface area (TPSA) is 92.7 Å². The molecule has 0 saturated carbocycles. The van der Waals surface area contributed by atoms with E-state index in [1.807, 2.05) is 42.2 Å². The van der Waals surface area contributed by atoms with Gasteiger partial charge in [0.25, 0.3) is 0 Å². The number of aryl methyl sites for hydroxylation is 1. The van der Waals surface area contributed by atoms with Crippen molar-refractivity contribution in [2.45, 2.75) is 75.5 Å². The number of anilines is 1. The molecule has 11 heteroatoms. The quantitative estimate of drug-likeness (QED) is 0.276. The minimum absolute atomic E-state index is 0.0553. The normalized spacial score (nSPS) is 26.7. The number of carbonyl (C=O) groups excluding carboxylic acids is 1. The van der Waals surface area contributed by atoms with Crippen LogP contribution in [0.4, 0.5) is 19.4 Å². The Kier molecular flexibility index (Phi) is 7.62. The van der Waals surface area contributed by atoms with Crippen molar-refractivity contribution in [3.8, 4) is 17.3 Å². The van der Waals surface area contributed by atoms with Crippen LogP contribution in [0.25, 0.3) is 32.9 Å². The molecule has 1 N–H and O–H groups in total. The number of carbonyl (C=O) groups is 1. The lowest BCUT2D eigenvalue weighted by Crippen LogP contribution is -2.57. The van der Waals surface area contributed by atoms with E-state index in [-0.39, 0.29) is 23.8 Å². The molecule has 246 valence electrons. The summed E-state index contributed by atoms with van der Waals surface area (Å²) in [6.45, 7) is 4.87. The van der Waals surface area contributed by atoms with Crippen LogP contribution >= 0.6 is 0 Å². The van der Waals surface area contributed by atoms with E-state index in [4.69, 9.17) is 19.4 Å². The van der Waals surface area contributed by atoms with Gasteiger partial charge in [0.2, 0.25) is 0 Å². The van der Waals surface area contributed by atoms with Crippen molar-refractivity contribution in [3.05, 3.63) is 54.0 Å². The van der Waals surface area contributed by atoms with Crippen molar-refractivity contribution in [2.75, 3.05) is 44.3 Å². The molecule has 0 aliphatic carbocycles. The third-order valence-corrected chi connectivity index (χ3v) is 10.6. The van der Waals surface area contributed by atoms with Gasteiger partial charge in [0.05, 0.1) is 23.1 Å². The number of hydrogen-bond acceptors (Lipinski definition) is 8. The first-order valence-electron chi connectivity index (χ1n) is 16.9. The molecule has 3 atom stereocenters. The van der Waals surface area contributed by atoms with Crippen molar-refractivity contribution >= 4 is 33.6 Å². The molecule has 5 aliphatic heterocycles. The summed E-state index contributed by atoms with van der Waals surface area (Å²) in [6, 6.07) is 12.0. The van der Waals surface area contributed by atoms with E-state index in [9.17, 15) is 9.18 Å². The number of nitrogens with one attached hydrogen (secondary N) is 1. The SMILES string of the molecule is C[C@@]12CCCN(C1)c1nc(OC[C@@]34CCCN3C[C@H](F)C4)nc3c(F)c(ncc13)-c1cccc3cccc(c13)CCCCOC(=O)N2. The number of amides is 1. The smallest absolute Gasteiger partial charge is 0.407 e. The van der Waals surface area contributed by atoms with Crippen LogP contribution in [-0.4, -0.2) is 82.6 Å². The zero-order valence-corrected chi connectivity index (χ0v) is 26.7. The second-order valence-electron chi connectivity index (χ2n) is 14.0. The maximum atomic E-state index is 17.0. The largest absolute Gasteiger partial charge is 0.461 e. The molecule has 0 unspecified atom stereocenters. The van der Waals surface area contributed by atoms with Crippen molar-refractivity contribution in [3.63, 3.8) is 0 Å². The lowest BCUT2D eigenvalue weighted by atomic mass is 9.91. The monoisotopic (exact) mass is 642 g/mol. The average molecular weight is 643 g/mol. The fourth-order valence-electron chi connectivity index (χ4n) is 8.37. The number of fused-ring (bicyclic) bond motifs is 8. The highest BCUT2D eigenvalue weighted by atomic mass is 19.1. The van der Waals surface area contributed by atoms with Crippen LogP contribution in [0.3, 0.4) is 0 Å². The molecule has 9 nitrogen and oxygen atoms in total. The number of rotatable bonds is 3. The Labute approximate surface area is 272 Å². The molecule has 47 heavy (non-hydrogen) atoms. The van der Waals surface area contributed by atoms with E-state index in [0.29, 0.717) is 55.9 Å². The number of ether oxygens (including phenoxy) is 2. The van der Waals surface area contributed by atoms with E-state index in [2.05, 4.69) is 21.3 Å². The molecule has 0 radical (unpaired) electrons. The predicted octanol–water partition coefficient (Wildman–Crippen LogP) is 6.36. The molecule has 2 aromatic carbocycles. The minimum atomic E-state index is -0.894. The zero-order valence-electron chi connectivity index (χ0n) is 26.7. The van der Waals surface area contributed by atoms with Crippen LogP contribution in [0.15, 0.2) is 42.6 Å². The van der Waals surface area contributed by atoms with E-state index in [1.54, 1.807) is 6.20 Å². The van der Waals surface area contributed by atoms with Crippen molar-refractivity contribution in [1.82, 2.24) is 25.2 Å². The summed E-state index contributed by atoms with van der Waals surface area (Å²) < 4.78 is 43.4. The first kappa shape index (κ1) is 30.2. The number of halogens is 2. The Morgan fingerprint density at radius 3 is 2.83 bits per heavy atom. The summed E-state index contributed by atoms with van der Waals surface area (Å²) in [5, 5.41) is 5.50. The molecule has 4 aromatic rings. The molecule has 5 aliphatic rings. The van der Waals surface area contributed by atoms with Crippen LogP contribution in [0.2, 0.25) is 0 Å². The Bertz CT molecular complexity index is 1850. The molecule has 7 heterocycles. The standard InChI is InChI=1S/C36H40F2N6O3/c1-35-13-6-15-43(21-35)32-27-19-39-30(26-12-5-11-24-10-4-9-23(28(24)26)8-2-3-17-46-34(45)42-35)29(38)31(27)40-33(41-32)47-22-36-14-7-16-44(36)20-25(37)18-36/h4-5,9-12,19,25H,2-3,6-8,13-18,20-22H2,1H3,(H,42,45)/t25-,35-,36+/m1/s1. The Morgan fingerprint density at radius 1 is 1.09 bits per heavy atom. The molecular formula is C36H40F2N6O3. The first-order chi connectivity index (χ1) is 22.8. The third kappa shape index (κ3) is 5.52. The van der Waals surface area contributed by atoms with Crippen LogP contribution in [-0.2, 0) is 11.2 Å². The number of nitrogens with zero attached hydrogens (tertiary/aromatic N) is 5. The fourth-order valence-corrected chi connectivity index (χ4v) is 8.37. The molecule has 3 fully saturated rings. The molecular weight excluding hydrogens is 602 g/mol. The van der Waals surface area contributed by atoms with Gasteiger partial charge in [-0.2, -0.15) is 9.97 Å². The summed E-state index contributed by atoms with van der Waals surface area (Å²) in [4.78, 5) is 31.4. The number of aromatic nitrogens is 3. The van der Waals surface area contributed by atoms with E-state index < -0.39 is 29.2 Å². The summed E-state index contributed by atoms with van der Waals surface area (Å²) in [5.41, 5.74) is 1.13. The van der Waals surface area contributed by atoms with Gasteiger partial charge in [-0.3, -0.25) is 9.88 Å². The predicted molar refractivity (Wildman–Crippen MR) is 176 cm³/mol. The molecule has 1 amide bonds. The molecule has 3 saturated heterocycles. The van der Waals surface area contributed by atoms with Gasteiger partial charge in [0, 0.05) is 37.8 Å². The van der Waals surface area contributed by atoms with Crippen molar-refractivity contribution in [1.29, 1.82) is 0 Å². The molecule has 6 bridgehead atoms. The Balaban J connectivity index is 1.28. The van der Waals surface area contributed by atoms with Gasteiger partial charge in [0.15, 0.2) is 5.82 Å². The lowest BCUT2D eigenvalue weighted by molar-refractivity contribution is 0.107. The van der Waals surface area contributed by atoms with Gasteiger partial charge in [0.1, 0.15) is 29.8 Å². The number of pyridine rings is 1. The van der Waals surface area contributed by atoms with E-state index in [0.717, 1.165) is 61.4 Å². The summed E-state index contributed by atoms with van der Waals surface area (Å²) in [6.07, 6.45) is 6.34. The second-order valence-corrected chi connectivity index (χ2v) is 14.0. The number of piperidine rings is 1. The number of hydrogen-bond donors (Lipinski definition) is 1. The van der Waals surface area contributed by atoms with Crippen molar-refractivity contribution < 1.29 is 23.0 Å². The van der Waals surface area contributed by atoms with Gasteiger partial charge in [-0.1, -0.05) is 36.4 Å². The lowest BCUT2D eigenvalue weighted by Gasteiger charge is -2.41. The maximum Gasteiger partial charge on any atom is 0.407 e. The van der Waals surface area contributed by atoms with Crippen molar-refractivity contribution in [2.24, 2.45) is 0 Å². The zero-order chi connectivity index (χ0) is 32.2. The highest BCUT2D eigenvalue weighted by molar-refractivity contribution is 6.00. The van der Waals surface area contributed by atoms with Gasteiger partial charge in [-0.05, 0) is 74.8 Å². The Morgan fingerprint density at radius 2 is 1.94 bits per heavy atom. The summed E-state index contributed by atoms with van der Waals surface area (Å²) >= 11 is 0. The van der Waals surface area contributed by atoms with E-state index in [1.165, 1.54) is 0 Å².